The second kappa shape index (κ2) is 7.26. The number of hydrogen-bond acceptors (Lipinski definition) is 4. The van der Waals surface area contributed by atoms with Gasteiger partial charge in [0.05, 0.1) is 0 Å². The van der Waals surface area contributed by atoms with Gasteiger partial charge in [-0.05, 0) is 34.6 Å². The van der Waals surface area contributed by atoms with Crippen LogP contribution in [-0.4, -0.2) is 47.9 Å². The molecule has 0 aromatic carbocycles. The maximum Gasteiger partial charge on any atom is 0.407 e. The number of amides is 1. The van der Waals surface area contributed by atoms with Gasteiger partial charge in [0, 0.05) is 32.4 Å². The molecule has 0 aromatic heterocycles. The molecule has 0 unspecified atom stereocenters. The highest BCUT2D eigenvalue weighted by Crippen LogP contribution is 2.06. The van der Waals surface area contributed by atoms with Gasteiger partial charge in [0.15, 0.2) is 0 Å². The summed E-state index contributed by atoms with van der Waals surface area (Å²) in [6.45, 7) is 14.7. The molecule has 0 aliphatic rings. The van der Waals surface area contributed by atoms with Crippen LogP contribution in [0.15, 0.2) is 12.8 Å². The molecule has 5 heteroatoms. The largest absolute Gasteiger partial charge is 0.444 e. The standard InChI is InChI=1S/C13H27N3O2/c1-8-16(11(2)3)15(7)10-9-14-12(17)18-13(4,5)6/h8,11H,1,9-10H2,2-7H3,(H,14,17). The van der Waals surface area contributed by atoms with Gasteiger partial charge in [-0.1, -0.05) is 6.58 Å². The van der Waals surface area contributed by atoms with E-state index in [0.29, 0.717) is 19.1 Å². The highest BCUT2D eigenvalue weighted by Gasteiger charge is 2.16. The van der Waals surface area contributed by atoms with Gasteiger partial charge < -0.3 is 15.1 Å². The van der Waals surface area contributed by atoms with E-state index >= 15 is 0 Å². The summed E-state index contributed by atoms with van der Waals surface area (Å²) in [5, 5.41) is 6.74. The van der Waals surface area contributed by atoms with Crippen molar-refractivity contribution >= 4 is 6.09 Å². The third-order valence-electron chi connectivity index (χ3n) is 2.21. The van der Waals surface area contributed by atoms with Crippen LogP contribution in [0, 0.1) is 0 Å². The van der Waals surface area contributed by atoms with Crippen LogP contribution in [0.1, 0.15) is 34.6 Å². The minimum atomic E-state index is -0.457. The van der Waals surface area contributed by atoms with Crippen molar-refractivity contribution in [3.05, 3.63) is 12.8 Å². The normalized spacial score (nSPS) is 11.6. The smallest absolute Gasteiger partial charge is 0.407 e. The van der Waals surface area contributed by atoms with Crippen LogP contribution in [-0.2, 0) is 4.74 Å². The molecule has 0 aliphatic carbocycles. The molecule has 0 atom stereocenters. The summed E-state index contributed by atoms with van der Waals surface area (Å²) in [5.41, 5.74) is -0.457. The Balaban J connectivity index is 3.97. The number of nitrogens with one attached hydrogen (secondary N) is 1. The number of hydrazine groups is 1. The van der Waals surface area contributed by atoms with Gasteiger partial charge in [0.2, 0.25) is 0 Å². The Labute approximate surface area is 111 Å². The number of carbonyl (C=O) groups is 1. The van der Waals surface area contributed by atoms with Crippen LogP contribution < -0.4 is 5.32 Å². The Kier molecular flexibility index (Phi) is 6.76. The number of rotatable bonds is 6. The maximum absolute atomic E-state index is 11.4. The summed E-state index contributed by atoms with van der Waals surface area (Å²) in [6.07, 6.45) is 1.39. The SMILES string of the molecule is C=CN(C(C)C)N(C)CCNC(=O)OC(C)(C)C. The van der Waals surface area contributed by atoms with Crippen molar-refractivity contribution < 1.29 is 9.53 Å². The van der Waals surface area contributed by atoms with Crippen LogP contribution in [0.2, 0.25) is 0 Å². The van der Waals surface area contributed by atoms with Gasteiger partial charge in [0.25, 0.3) is 0 Å². The Bertz CT molecular complexity index is 272. The van der Waals surface area contributed by atoms with Gasteiger partial charge in [-0.2, -0.15) is 0 Å². The van der Waals surface area contributed by atoms with Gasteiger partial charge >= 0.3 is 6.09 Å². The van der Waals surface area contributed by atoms with Crippen LogP contribution in [0.3, 0.4) is 0 Å². The van der Waals surface area contributed by atoms with E-state index in [-0.39, 0.29) is 6.09 Å². The van der Waals surface area contributed by atoms with Crippen LogP contribution in [0.25, 0.3) is 0 Å². The zero-order valence-electron chi connectivity index (χ0n) is 12.5. The first-order valence-corrected chi connectivity index (χ1v) is 6.26. The fourth-order valence-corrected chi connectivity index (χ4v) is 1.49. The van der Waals surface area contributed by atoms with E-state index in [4.69, 9.17) is 4.74 Å². The maximum atomic E-state index is 11.4. The molecular formula is C13H27N3O2. The summed E-state index contributed by atoms with van der Waals surface area (Å²) in [5.74, 6) is 0. The lowest BCUT2D eigenvalue weighted by molar-refractivity contribution is 0.0208. The molecule has 0 fully saturated rings. The van der Waals surface area contributed by atoms with Crippen LogP contribution in [0.5, 0.6) is 0 Å². The van der Waals surface area contributed by atoms with Gasteiger partial charge in [-0.15, -0.1) is 0 Å². The molecule has 0 saturated carbocycles. The molecule has 18 heavy (non-hydrogen) atoms. The molecule has 106 valence electrons. The number of nitrogens with zero attached hydrogens (tertiary/aromatic N) is 2. The van der Waals surface area contributed by atoms with Gasteiger partial charge in [-0.25, -0.2) is 9.80 Å². The number of likely N-dealkylation sites (N-methyl/N-ethyl adjacent to an activating group) is 1. The summed E-state index contributed by atoms with van der Waals surface area (Å²) < 4.78 is 5.15. The summed E-state index contributed by atoms with van der Waals surface area (Å²) in [6, 6.07) is 0.342. The Hall–Kier alpha value is -1.23. The molecule has 0 spiro atoms. The zero-order chi connectivity index (χ0) is 14.3. The van der Waals surface area contributed by atoms with Gasteiger partial charge in [-0.3, -0.25) is 0 Å². The molecule has 0 aromatic rings. The fraction of sp³-hybridized carbons (Fsp3) is 0.769. The summed E-state index contributed by atoms with van der Waals surface area (Å²) in [4.78, 5) is 11.4. The van der Waals surface area contributed by atoms with E-state index in [1.807, 2.05) is 37.8 Å². The van der Waals surface area contributed by atoms with Crippen molar-refractivity contribution in [2.45, 2.75) is 46.3 Å². The third kappa shape index (κ3) is 7.17. The minimum absolute atomic E-state index is 0.342. The predicted molar refractivity (Wildman–Crippen MR) is 74.0 cm³/mol. The van der Waals surface area contributed by atoms with E-state index in [9.17, 15) is 4.79 Å². The second-order valence-corrected chi connectivity index (χ2v) is 5.47. The Morgan fingerprint density at radius 2 is 2.00 bits per heavy atom. The van der Waals surface area contributed by atoms with Crippen molar-refractivity contribution in [2.75, 3.05) is 20.1 Å². The topological polar surface area (TPSA) is 44.8 Å². The zero-order valence-corrected chi connectivity index (χ0v) is 12.5. The predicted octanol–water partition coefficient (Wildman–Crippen LogP) is 2.21. The van der Waals surface area contributed by atoms with Crippen molar-refractivity contribution in [1.29, 1.82) is 0 Å². The van der Waals surface area contributed by atoms with Crippen molar-refractivity contribution in [3.8, 4) is 0 Å². The van der Waals surface area contributed by atoms with Crippen molar-refractivity contribution in [1.82, 2.24) is 15.3 Å². The Morgan fingerprint density at radius 1 is 1.44 bits per heavy atom. The summed E-state index contributed by atoms with van der Waals surface area (Å²) in [7, 11) is 1.96. The first-order chi connectivity index (χ1) is 8.17. The molecular weight excluding hydrogens is 230 g/mol. The average Bonchev–Trinajstić information content (AvgIpc) is 2.14. The molecule has 5 nitrogen and oxygen atoms in total. The van der Waals surface area contributed by atoms with E-state index in [0.717, 1.165) is 0 Å². The lowest BCUT2D eigenvalue weighted by atomic mass is 10.2. The van der Waals surface area contributed by atoms with E-state index in [1.54, 1.807) is 6.20 Å². The number of carbonyl (C=O) groups excluding carboxylic acids is 1. The molecule has 0 radical (unpaired) electrons. The number of ether oxygens (including phenoxy) is 1. The van der Waals surface area contributed by atoms with E-state index in [2.05, 4.69) is 25.7 Å². The monoisotopic (exact) mass is 257 g/mol. The first-order valence-electron chi connectivity index (χ1n) is 6.26. The highest BCUT2D eigenvalue weighted by molar-refractivity contribution is 5.67. The Morgan fingerprint density at radius 3 is 2.39 bits per heavy atom. The number of hydrogen-bond donors (Lipinski definition) is 1. The third-order valence-corrected chi connectivity index (χ3v) is 2.21. The molecule has 1 N–H and O–H groups in total. The van der Waals surface area contributed by atoms with Crippen LogP contribution >= 0.6 is 0 Å². The molecule has 0 heterocycles. The van der Waals surface area contributed by atoms with Crippen LogP contribution in [0.4, 0.5) is 4.79 Å². The quantitative estimate of drug-likeness (QED) is 0.741. The lowest BCUT2D eigenvalue weighted by Crippen LogP contribution is -2.44. The van der Waals surface area contributed by atoms with Gasteiger partial charge in [0.1, 0.15) is 5.60 Å². The molecule has 0 saturated heterocycles. The van der Waals surface area contributed by atoms with E-state index < -0.39 is 5.60 Å². The van der Waals surface area contributed by atoms with Crippen molar-refractivity contribution in [3.63, 3.8) is 0 Å². The summed E-state index contributed by atoms with van der Waals surface area (Å²) >= 11 is 0. The molecule has 0 aliphatic heterocycles. The average molecular weight is 257 g/mol. The fourth-order valence-electron chi connectivity index (χ4n) is 1.49. The second-order valence-electron chi connectivity index (χ2n) is 5.47. The van der Waals surface area contributed by atoms with E-state index in [1.165, 1.54) is 0 Å². The van der Waals surface area contributed by atoms with Crippen molar-refractivity contribution in [2.24, 2.45) is 0 Å². The minimum Gasteiger partial charge on any atom is -0.444 e. The molecule has 1 amide bonds. The number of alkyl carbamates (subject to hydrolysis) is 1. The molecule has 0 rings (SSSR count). The lowest BCUT2D eigenvalue weighted by Gasteiger charge is -2.34. The molecule has 0 bridgehead atoms. The highest BCUT2D eigenvalue weighted by atomic mass is 16.6. The first kappa shape index (κ1) is 16.8.